The molecule has 1 saturated heterocycles. The summed E-state index contributed by atoms with van der Waals surface area (Å²) in [4.78, 5) is 40.5. The molecule has 0 saturated carbocycles. The average molecular weight is 505 g/mol. The molecule has 9 heteroatoms. The van der Waals surface area contributed by atoms with Gasteiger partial charge in [-0.25, -0.2) is 4.68 Å². The van der Waals surface area contributed by atoms with Gasteiger partial charge >= 0.3 is 0 Å². The number of benzene rings is 2. The number of anilines is 1. The van der Waals surface area contributed by atoms with Crippen LogP contribution in [0.2, 0.25) is 0 Å². The largest absolute Gasteiger partial charge is 0.318 e. The lowest BCUT2D eigenvalue weighted by molar-refractivity contribution is -0.126. The number of hydrogen-bond acceptors (Lipinski definition) is 5. The molecule has 0 atom stereocenters. The number of allylic oxidation sites excluding steroid dienone is 2. The third kappa shape index (κ3) is 5.21. The van der Waals surface area contributed by atoms with E-state index in [-0.39, 0.29) is 23.7 Å². The van der Waals surface area contributed by atoms with Crippen molar-refractivity contribution in [3.8, 4) is 5.69 Å². The quantitative estimate of drug-likeness (QED) is 0.401. The topological polar surface area (TPSA) is 76.3 Å². The van der Waals surface area contributed by atoms with Crippen molar-refractivity contribution in [2.45, 2.75) is 13.8 Å². The smallest absolute Gasteiger partial charge is 0.295 e. The van der Waals surface area contributed by atoms with Crippen molar-refractivity contribution < 1.29 is 9.59 Å². The Morgan fingerprint density at radius 1 is 1.06 bits per heavy atom. The molecule has 2 heterocycles. The van der Waals surface area contributed by atoms with Gasteiger partial charge in [-0.1, -0.05) is 78.6 Å². The summed E-state index contributed by atoms with van der Waals surface area (Å²) in [5, 5.41) is 2.68. The summed E-state index contributed by atoms with van der Waals surface area (Å²) in [7, 11) is 1.75. The molecule has 35 heavy (non-hydrogen) atoms. The zero-order valence-corrected chi connectivity index (χ0v) is 21.2. The standard InChI is InChI=1S/C26H24N4O3S2/c1-17(14-19-10-6-4-7-11-19)15-21-24(32)29(26(34)35-21)16-22(31)27-23-18(2)28(3)30(25(23)33)20-12-8-5-9-13-20/h4-15H,16H2,1-3H3,(H,27,31)/b17-14+,21-15+. The van der Waals surface area contributed by atoms with Crippen molar-refractivity contribution in [3.05, 3.63) is 98.8 Å². The Labute approximate surface area is 212 Å². The first-order valence-corrected chi connectivity index (χ1v) is 12.1. The van der Waals surface area contributed by atoms with Crippen LogP contribution in [0.15, 0.2) is 82.0 Å². The number of nitrogens with one attached hydrogen (secondary N) is 1. The number of aromatic nitrogens is 2. The van der Waals surface area contributed by atoms with Crippen molar-refractivity contribution in [1.82, 2.24) is 14.3 Å². The minimum atomic E-state index is -0.495. The SMILES string of the molecule is CC(=C\c1ccccc1)/C=C1/SC(=S)N(CC(=O)Nc2c(C)n(C)n(-c3ccccc3)c2=O)C1=O. The van der Waals surface area contributed by atoms with Gasteiger partial charge in [0.2, 0.25) is 5.91 Å². The van der Waals surface area contributed by atoms with E-state index in [9.17, 15) is 14.4 Å². The van der Waals surface area contributed by atoms with E-state index in [4.69, 9.17) is 12.2 Å². The van der Waals surface area contributed by atoms with E-state index in [1.165, 1.54) is 9.58 Å². The molecular weight excluding hydrogens is 480 g/mol. The fourth-order valence-corrected chi connectivity index (χ4v) is 5.04. The molecule has 0 unspecified atom stereocenters. The first-order valence-electron chi connectivity index (χ1n) is 10.9. The number of para-hydroxylation sites is 1. The number of carbonyl (C=O) groups excluding carboxylic acids is 2. The molecule has 0 aliphatic carbocycles. The molecule has 1 aliphatic rings. The van der Waals surface area contributed by atoms with Gasteiger partial charge < -0.3 is 5.32 Å². The Kier molecular flexibility index (Phi) is 7.18. The van der Waals surface area contributed by atoms with E-state index in [2.05, 4.69) is 5.32 Å². The molecule has 178 valence electrons. The Balaban J connectivity index is 1.49. The second-order valence-corrected chi connectivity index (χ2v) is 9.73. The van der Waals surface area contributed by atoms with Crippen LogP contribution in [0, 0.1) is 6.92 Å². The summed E-state index contributed by atoms with van der Waals surface area (Å²) in [5.41, 5.74) is 3.02. The Bertz CT molecular complexity index is 1420. The third-order valence-corrected chi connectivity index (χ3v) is 6.92. The maximum absolute atomic E-state index is 13.0. The number of thiocarbonyl (C=S) groups is 1. The van der Waals surface area contributed by atoms with Crippen LogP contribution in [0.25, 0.3) is 11.8 Å². The number of hydrogen-bond donors (Lipinski definition) is 1. The van der Waals surface area contributed by atoms with E-state index in [0.29, 0.717) is 20.6 Å². The van der Waals surface area contributed by atoms with Crippen LogP contribution in [-0.4, -0.2) is 36.9 Å². The Hall–Kier alpha value is -3.69. The van der Waals surface area contributed by atoms with Crippen molar-refractivity contribution in [3.63, 3.8) is 0 Å². The molecule has 7 nitrogen and oxygen atoms in total. The molecule has 1 N–H and O–H groups in total. The highest BCUT2D eigenvalue weighted by Gasteiger charge is 2.33. The van der Waals surface area contributed by atoms with Gasteiger partial charge in [-0.2, -0.15) is 0 Å². The maximum atomic E-state index is 13.0. The minimum Gasteiger partial charge on any atom is -0.318 e. The lowest BCUT2D eigenvalue weighted by atomic mass is 10.1. The van der Waals surface area contributed by atoms with Crippen LogP contribution >= 0.6 is 24.0 Å². The molecule has 0 radical (unpaired) electrons. The van der Waals surface area contributed by atoms with Crippen molar-refractivity contribution in [1.29, 1.82) is 0 Å². The summed E-state index contributed by atoms with van der Waals surface area (Å²) < 4.78 is 3.46. The molecule has 1 aromatic heterocycles. The molecule has 1 aliphatic heterocycles. The number of amides is 2. The second kappa shape index (κ2) is 10.3. The van der Waals surface area contributed by atoms with Crippen LogP contribution < -0.4 is 10.9 Å². The maximum Gasteiger partial charge on any atom is 0.295 e. The van der Waals surface area contributed by atoms with Crippen molar-refractivity contribution in [2.75, 3.05) is 11.9 Å². The molecule has 3 aromatic rings. The highest BCUT2D eigenvalue weighted by molar-refractivity contribution is 8.26. The summed E-state index contributed by atoms with van der Waals surface area (Å²) in [6.45, 7) is 3.38. The highest BCUT2D eigenvalue weighted by atomic mass is 32.2. The van der Waals surface area contributed by atoms with Crippen LogP contribution in [0.4, 0.5) is 5.69 Å². The zero-order valence-electron chi connectivity index (χ0n) is 19.5. The first kappa shape index (κ1) is 24.4. The molecule has 4 rings (SSSR count). The minimum absolute atomic E-state index is 0.170. The van der Waals surface area contributed by atoms with Gasteiger partial charge in [-0.3, -0.25) is 24.0 Å². The van der Waals surface area contributed by atoms with Gasteiger partial charge in [-0.05, 0) is 43.2 Å². The number of carbonyl (C=O) groups is 2. The van der Waals surface area contributed by atoms with E-state index in [1.54, 1.807) is 24.7 Å². The molecular formula is C26H24N4O3S2. The van der Waals surface area contributed by atoms with E-state index in [1.807, 2.05) is 73.7 Å². The van der Waals surface area contributed by atoms with Gasteiger partial charge in [-0.15, -0.1) is 0 Å². The van der Waals surface area contributed by atoms with Crippen LogP contribution in [-0.2, 0) is 16.6 Å². The first-order chi connectivity index (χ1) is 16.8. The summed E-state index contributed by atoms with van der Waals surface area (Å²) in [6, 6.07) is 18.9. The molecule has 2 aromatic carbocycles. The number of nitrogens with zero attached hydrogens (tertiary/aromatic N) is 3. The highest BCUT2D eigenvalue weighted by Crippen LogP contribution is 2.32. The second-order valence-electron chi connectivity index (χ2n) is 8.05. The van der Waals surface area contributed by atoms with Gasteiger partial charge in [0.15, 0.2) is 0 Å². The Morgan fingerprint density at radius 2 is 1.69 bits per heavy atom. The fraction of sp³-hybridized carbons (Fsp3) is 0.154. The molecule has 0 spiro atoms. The average Bonchev–Trinajstić information content (AvgIpc) is 3.21. The summed E-state index contributed by atoms with van der Waals surface area (Å²) in [6.07, 6.45) is 3.74. The molecule has 0 bridgehead atoms. The van der Waals surface area contributed by atoms with E-state index < -0.39 is 5.91 Å². The number of rotatable bonds is 6. The predicted molar refractivity (Wildman–Crippen MR) is 144 cm³/mol. The lowest BCUT2D eigenvalue weighted by Crippen LogP contribution is -2.37. The van der Waals surface area contributed by atoms with Crippen molar-refractivity contribution >= 4 is 51.9 Å². The van der Waals surface area contributed by atoms with Gasteiger partial charge in [0, 0.05) is 7.05 Å². The monoisotopic (exact) mass is 504 g/mol. The normalized spacial score (nSPS) is 15.2. The van der Waals surface area contributed by atoms with Gasteiger partial charge in [0.05, 0.1) is 16.3 Å². The molecule has 1 fully saturated rings. The van der Waals surface area contributed by atoms with Crippen LogP contribution in [0.3, 0.4) is 0 Å². The number of thioether (sulfide) groups is 1. The third-order valence-electron chi connectivity index (χ3n) is 5.55. The van der Waals surface area contributed by atoms with Gasteiger partial charge in [0.25, 0.3) is 11.5 Å². The van der Waals surface area contributed by atoms with Crippen LogP contribution in [0.5, 0.6) is 0 Å². The van der Waals surface area contributed by atoms with Crippen molar-refractivity contribution in [2.24, 2.45) is 7.05 Å². The predicted octanol–water partition coefficient (Wildman–Crippen LogP) is 4.27. The Morgan fingerprint density at radius 3 is 2.34 bits per heavy atom. The summed E-state index contributed by atoms with van der Waals surface area (Å²) in [5.74, 6) is -0.826. The zero-order chi connectivity index (χ0) is 25.1. The summed E-state index contributed by atoms with van der Waals surface area (Å²) >= 11 is 6.52. The van der Waals surface area contributed by atoms with Gasteiger partial charge in [0.1, 0.15) is 16.6 Å². The van der Waals surface area contributed by atoms with E-state index in [0.717, 1.165) is 22.9 Å². The van der Waals surface area contributed by atoms with Crippen LogP contribution in [0.1, 0.15) is 18.2 Å². The fourth-order valence-electron chi connectivity index (χ4n) is 3.73. The lowest BCUT2D eigenvalue weighted by Gasteiger charge is -2.13. The van der Waals surface area contributed by atoms with E-state index >= 15 is 0 Å². The molecule has 2 amide bonds.